The van der Waals surface area contributed by atoms with Crippen LogP contribution >= 0.6 is 23.1 Å². The number of hydrogen-bond acceptors (Lipinski definition) is 4. The molecule has 16 heavy (non-hydrogen) atoms. The van der Waals surface area contributed by atoms with Gasteiger partial charge in [-0.25, -0.2) is 4.98 Å². The van der Waals surface area contributed by atoms with Crippen LogP contribution in [0, 0.1) is 0 Å². The van der Waals surface area contributed by atoms with Gasteiger partial charge in [0.05, 0.1) is 11.7 Å². The van der Waals surface area contributed by atoms with Crippen molar-refractivity contribution in [3.8, 4) is 0 Å². The molecular formula is C12H20N2S2. The molecule has 2 nitrogen and oxygen atoms in total. The Morgan fingerprint density at radius 1 is 1.44 bits per heavy atom. The molecule has 1 aromatic heterocycles. The highest BCUT2D eigenvalue weighted by atomic mass is 32.2. The van der Waals surface area contributed by atoms with Crippen LogP contribution in [0.4, 0.5) is 0 Å². The Morgan fingerprint density at radius 2 is 2.25 bits per heavy atom. The van der Waals surface area contributed by atoms with Crippen LogP contribution < -0.4 is 5.32 Å². The van der Waals surface area contributed by atoms with Crippen LogP contribution in [0.2, 0.25) is 0 Å². The van der Waals surface area contributed by atoms with Gasteiger partial charge in [0.2, 0.25) is 0 Å². The van der Waals surface area contributed by atoms with Crippen molar-refractivity contribution in [2.45, 2.75) is 44.4 Å². The molecule has 0 saturated carbocycles. The van der Waals surface area contributed by atoms with Gasteiger partial charge in [-0.3, -0.25) is 0 Å². The number of rotatable bonds is 5. The minimum Gasteiger partial charge on any atom is -0.307 e. The summed E-state index contributed by atoms with van der Waals surface area (Å²) in [4.78, 5) is 6.27. The average molecular weight is 256 g/mol. The van der Waals surface area contributed by atoms with Crippen molar-refractivity contribution in [3.63, 3.8) is 0 Å². The second-order valence-electron chi connectivity index (χ2n) is 4.45. The fourth-order valence-corrected chi connectivity index (χ4v) is 3.35. The van der Waals surface area contributed by atoms with Crippen LogP contribution in [-0.2, 0) is 12.8 Å². The number of thioether (sulfide) groups is 1. The van der Waals surface area contributed by atoms with Gasteiger partial charge in [-0.1, -0.05) is 6.92 Å². The number of hydrogen-bond donors (Lipinski definition) is 1. The largest absolute Gasteiger partial charge is 0.307 e. The van der Waals surface area contributed by atoms with Crippen LogP contribution in [0.15, 0.2) is 0 Å². The molecule has 0 aliphatic heterocycles. The quantitative estimate of drug-likeness (QED) is 0.876. The summed E-state index contributed by atoms with van der Waals surface area (Å²) >= 11 is 3.82. The third-order valence-corrected chi connectivity index (χ3v) is 5.41. The van der Waals surface area contributed by atoms with Crippen LogP contribution in [-0.4, -0.2) is 23.0 Å². The molecule has 0 aromatic carbocycles. The average Bonchev–Trinajstić information content (AvgIpc) is 2.85. The topological polar surface area (TPSA) is 24.9 Å². The molecule has 2 unspecified atom stereocenters. The number of nitrogens with one attached hydrogen (secondary N) is 1. The number of nitrogens with zero attached hydrogens (tertiary/aromatic N) is 1. The van der Waals surface area contributed by atoms with Crippen LogP contribution in [0.1, 0.15) is 41.9 Å². The molecule has 0 amide bonds. The monoisotopic (exact) mass is 256 g/mol. The molecule has 4 heteroatoms. The van der Waals surface area contributed by atoms with E-state index in [2.05, 4.69) is 25.4 Å². The number of thiazole rings is 1. The molecular weight excluding hydrogens is 236 g/mol. The van der Waals surface area contributed by atoms with Crippen molar-refractivity contribution in [1.82, 2.24) is 10.3 Å². The van der Waals surface area contributed by atoms with E-state index in [9.17, 15) is 0 Å². The maximum atomic E-state index is 4.74. The van der Waals surface area contributed by atoms with Crippen molar-refractivity contribution in [2.24, 2.45) is 0 Å². The lowest BCUT2D eigenvalue weighted by Crippen LogP contribution is -2.25. The smallest absolute Gasteiger partial charge is 0.110 e. The van der Waals surface area contributed by atoms with E-state index >= 15 is 0 Å². The molecule has 2 rings (SSSR count). The van der Waals surface area contributed by atoms with Crippen molar-refractivity contribution < 1.29 is 0 Å². The standard InChI is InChI=1S/C12H20N2S2/c1-8(15-3)7-13-9(2)12-14-10-5-4-6-11(10)16-12/h8-9,13H,4-7H2,1-3H3. The minimum absolute atomic E-state index is 0.408. The van der Waals surface area contributed by atoms with Gasteiger partial charge < -0.3 is 5.32 Å². The van der Waals surface area contributed by atoms with Crippen molar-refractivity contribution >= 4 is 23.1 Å². The second kappa shape index (κ2) is 5.52. The van der Waals surface area contributed by atoms with Gasteiger partial charge in [-0.2, -0.15) is 11.8 Å². The van der Waals surface area contributed by atoms with E-state index in [1.165, 1.54) is 34.8 Å². The minimum atomic E-state index is 0.408. The Labute approximate surface area is 106 Å². The lowest BCUT2D eigenvalue weighted by atomic mass is 10.3. The summed E-state index contributed by atoms with van der Waals surface area (Å²) in [5, 5.41) is 5.52. The van der Waals surface area contributed by atoms with Gasteiger partial charge in [-0.05, 0) is 32.4 Å². The van der Waals surface area contributed by atoms with Gasteiger partial charge in [0, 0.05) is 16.7 Å². The molecule has 0 bridgehead atoms. The first kappa shape index (κ1) is 12.4. The van der Waals surface area contributed by atoms with Crippen molar-refractivity contribution in [1.29, 1.82) is 0 Å². The third-order valence-electron chi connectivity index (χ3n) is 3.10. The van der Waals surface area contributed by atoms with E-state index in [1.807, 2.05) is 23.1 Å². The Morgan fingerprint density at radius 3 is 2.94 bits per heavy atom. The van der Waals surface area contributed by atoms with Gasteiger partial charge in [-0.15, -0.1) is 11.3 Å². The molecule has 0 radical (unpaired) electrons. The zero-order chi connectivity index (χ0) is 11.5. The van der Waals surface area contributed by atoms with Gasteiger partial charge in [0.25, 0.3) is 0 Å². The van der Waals surface area contributed by atoms with E-state index < -0.39 is 0 Å². The fraction of sp³-hybridized carbons (Fsp3) is 0.750. The molecule has 1 aliphatic rings. The lowest BCUT2D eigenvalue weighted by Gasteiger charge is -2.14. The fourth-order valence-electron chi connectivity index (χ4n) is 1.91. The highest BCUT2D eigenvalue weighted by Crippen LogP contribution is 2.30. The summed E-state index contributed by atoms with van der Waals surface area (Å²) in [6.45, 7) is 5.54. The number of fused-ring (bicyclic) bond motifs is 1. The van der Waals surface area contributed by atoms with E-state index in [1.54, 1.807) is 0 Å². The lowest BCUT2D eigenvalue weighted by molar-refractivity contribution is 0.572. The Hall–Kier alpha value is -0.0600. The van der Waals surface area contributed by atoms with Crippen LogP contribution in [0.5, 0.6) is 0 Å². The van der Waals surface area contributed by atoms with Crippen LogP contribution in [0.25, 0.3) is 0 Å². The van der Waals surface area contributed by atoms with E-state index in [-0.39, 0.29) is 0 Å². The Bertz CT molecular complexity index is 327. The van der Waals surface area contributed by atoms with E-state index in [4.69, 9.17) is 4.98 Å². The highest BCUT2D eigenvalue weighted by Gasteiger charge is 2.19. The Balaban J connectivity index is 1.91. The molecule has 1 N–H and O–H groups in total. The van der Waals surface area contributed by atoms with E-state index in [0.717, 1.165) is 6.54 Å². The maximum Gasteiger partial charge on any atom is 0.110 e. The zero-order valence-corrected chi connectivity index (χ0v) is 11.9. The first-order valence-electron chi connectivity index (χ1n) is 5.95. The number of aryl methyl sites for hydroxylation is 2. The van der Waals surface area contributed by atoms with Crippen molar-refractivity contribution in [3.05, 3.63) is 15.6 Å². The Kier molecular flexibility index (Phi) is 4.27. The first-order chi connectivity index (χ1) is 7.70. The molecule has 1 aromatic rings. The zero-order valence-electron chi connectivity index (χ0n) is 10.2. The first-order valence-corrected chi connectivity index (χ1v) is 8.05. The molecule has 1 heterocycles. The van der Waals surface area contributed by atoms with Crippen LogP contribution in [0.3, 0.4) is 0 Å². The summed E-state index contributed by atoms with van der Waals surface area (Å²) in [5.41, 5.74) is 1.37. The summed E-state index contributed by atoms with van der Waals surface area (Å²) in [5.74, 6) is 0. The van der Waals surface area contributed by atoms with Gasteiger partial charge in [0.15, 0.2) is 0 Å². The number of aromatic nitrogens is 1. The van der Waals surface area contributed by atoms with Crippen molar-refractivity contribution in [2.75, 3.05) is 12.8 Å². The highest BCUT2D eigenvalue weighted by molar-refractivity contribution is 7.99. The second-order valence-corrected chi connectivity index (χ2v) is 6.84. The molecule has 0 fully saturated rings. The molecule has 0 spiro atoms. The van der Waals surface area contributed by atoms with Gasteiger partial charge >= 0.3 is 0 Å². The summed E-state index contributed by atoms with van der Waals surface area (Å²) in [7, 11) is 0. The molecule has 90 valence electrons. The summed E-state index contributed by atoms with van der Waals surface area (Å²) < 4.78 is 0. The van der Waals surface area contributed by atoms with Gasteiger partial charge in [0.1, 0.15) is 5.01 Å². The maximum absolute atomic E-state index is 4.74. The summed E-state index contributed by atoms with van der Waals surface area (Å²) in [6, 6.07) is 0.408. The summed E-state index contributed by atoms with van der Waals surface area (Å²) in [6.07, 6.45) is 5.91. The third kappa shape index (κ3) is 2.79. The molecule has 1 aliphatic carbocycles. The molecule has 2 atom stereocenters. The normalized spacial score (nSPS) is 18.4. The predicted octanol–water partition coefficient (Wildman–Crippen LogP) is 3.03. The van der Waals surface area contributed by atoms with E-state index in [0.29, 0.717) is 11.3 Å². The SMILES string of the molecule is CSC(C)CNC(C)c1nc2c(s1)CCC2. The predicted molar refractivity (Wildman–Crippen MR) is 73.5 cm³/mol. The molecule has 0 saturated heterocycles.